The van der Waals surface area contributed by atoms with E-state index in [4.69, 9.17) is 5.73 Å². The molecule has 0 bridgehead atoms. The fourth-order valence-electron chi connectivity index (χ4n) is 1.54. The zero-order valence-electron chi connectivity index (χ0n) is 10.8. The molecule has 0 radical (unpaired) electrons. The quantitative estimate of drug-likeness (QED) is 0.636. The Balaban J connectivity index is 2.65. The van der Waals surface area contributed by atoms with Crippen molar-refractivity contribution in [2.24, 2.45) is 0 Å². The van der Waals surface area contributed by atoms with Gasteiger partial charge in [0.15, 0.2) is 0 Å². The summed E-state index contributed by atoms with van der Waals surface area (Å²) in [6, 6.07) is 0. The van der Waals surface area contributed by atoms with Crippen molar-refractivity contribution in [3.8, 4) is 0 Å². The third kappa shape index (κ3) is 4.46. The van der Waals surface area contributed by atoms with Gasteiger partial charge in [-0.1, -0.05) is 13.8 Å². The van der Waals surface area contributed by atoms with E-state index in [2.05, 4.69) is 20.0 Å². The molecule has 0 amide bonds. The van der Waals surface area contributed by atoms with Gasteiger partial charge in [-0.2, -0.15) is 0 Å². The van der Waals surface area contributed by atoms with E-state index in [1.54, 1.807) is 0 Å². The van der Waals surface area contributed by atoms with Gasteiger partial charge in [0.2, 0.25) is 10.0 Å². The molecule has 7 nitrogen and oxygen atoms in total. The SMILES string of the molecule is CC(C)c1c(N)ncnc1NCCNS(C)(=O)=O. The minimum absolute atomic E-state index is 0.191. The van der Waals surface area contributed by atoms with E-state index in [-0.39, 0.29) is 5.92 Å². The fourth-order valence-corrected chi connectivity index (χ4v) is 2.01. The second kappa shape index (κ2) is 5.96. The lowest BCUT2D eigenvalue weighted by molar-refractivity contribution is 0.589. The van der Waals surface area contributed by atoms with Crippen molar-refractivity contribution in [2.75, 3.05) is 30.4 Å². The minimum atomic E-state index is -3.16. The molecule has 0 saturated carbocycles. The molecule has 0 atom stereocenters. The van der Waals surface area contributed by atoms with E-state index in [1.165, 1.54) is 6.33 Å². The van der Waals surface area contributed by atoms with Crippen molar-refractivity contribution in [1.29, 1.82) is 0 Å². The van der Waals surface area contributed by atoms with Crippen LogP contribution in [0.15, 0.2) is 6.33 Å². The van der Waals surface area contributed by atoms with Crippen molar-refractivity contribution in [1.82, 2.24) is 14.7 Å². The molecule has 4 N–H and O–H groups in total. The monoisotopic (exact) mass is 273 g/mol. The van der Waals surface area contributed by atoms with Gasteiger partial charge in [-0.25, -0.2) is 23.1 Å². The lowest BCUT2D eigenvalue weighted by Gasteiger charge is -2.14. The zero-order valence-corrected chi connectivity index (χ0v) is 11.6. The number of nitrogens with two attached hydrogens (primary N) is 1. The van der Waals surface area contributed by atoms with Gasteiger partial charge in [0.25, 0.3) is 0 Å². The Hall–Kier alpha value is -1.41. The third-order valence-corrected chi connectivity index (χ3v) is 3.00. The number of nitrogens with one attached hydrogen (secondary N) is 2. The summed E-state index contributed by atoms with van der Waals surface area (Å²) in [5.74, 6) is 1.28. The molecule has 0 aromatic carbocycles. The van der Waals surface area contributed by atoms with Crippen molar-refractivity contribution in [3.63, 3.8) is 0 Å². The summed E-state index contributed by atoms with van der Waals surface area (Å²) in [4.78, 5) is 8.06. The van der Waals surface area contributed by atoms with Crippen molar-refractivity contribution < 1.29 is 8.42 Å². The smallest absolute Gasteiger partial charge is 0.208 e. The second-order valence-corrected chi connectivity index (χ2v) is 6.10. The first-order valence-electron chi connectivity index (χ1n) is 5.60. The van der Waals surface area contributed by atoms with Crippen LogP contribution in [0.4, 0.5) is 11.6 Å². The standard InChI is InChI=1S/C10H19N5O2S/c1-7(2)8-9(11)13-6-14-10(8)12-4-5-15-18(3,16)17/h6-7,15H,4-5H2,1-3H3,(H3,11,12,13,14). The number of nitrogens with zero attached hydrogens (tertiary/aromatic N) is 2. The van der Waals surface area contributed by atoms with Gasteiger partial charge < -0.3 is 11.1 Å². The van der Waals surface area contributed by atoms with Gasteiger partial charge >= 0.3 is 0 Å². The van der Waals surface area contributed by atoms with Crippen molar-refractivity contribution >= 4 is 21.7 Å². The average Bonchev–Trinajstić information content (AvgIpc) is 2.22. The van der Waals surface area contributed by atoms with E-state index < -0.39 is 10.0 Å². The highest BCUT2D eigenvalue weighted by molar-refractivity contribution is 7.88. The Morgan fingerprint density at radius 2 is 2.00 bits per heavy atom. The minimum Gasteiger partial charge on any atom is -0.383 e. The number of rotatable bonds is 6. The molecule has 0 aliphatic carbocycles. The molecular weight excluding hydrogens is 254 g/mol. The Labute approximate surface area is 107 Å². The third-order valence-electron chi connectivity index (χ3n) is 2.27. The maximum Gasteiger partial charge on any atom is 0.208 e. The van der Waals surface area contributed by atoms with Gasteiger partial charge in [-0.05, 0) is 5.92 Å². The van der Waals surface area contributed by atoms with Crippen LogP contribution in [0.2, 0.25) is 0 Å². The average molecular weight is 273 g/mol. The Morgan fingerprint density at radius 3 is 2.56 bits per heavy atom. The molecular formula is C10H19N5O2S. The Kier molecular flexibility index (Phi) is 4.85. The Bertz CT molecular complexity index is 501. The first-order valence-corrected chi connectivity index (χ1v) is 7.49. The number of aromatic nitrogens is 2. The first kappa shape index (κ1) is 14.7. The molecule has 1 aromatic rings. The number of hydrogen-bond donors (Lipinski definition) is 3. The molecule has 0 fully saturated rings. The van der Waals surface area contributed by atoms with E-state index >= 15 is 0 Å². The topological polar surface area (TPSA) is 110 Å². The summed E-state index contributed by atoms with van der Waals surface area (Å²) >= 11 is 0. The zero-order chi connectivity index (χ0) is 13.8. The summed E-state index contributed by atoms with van der Waals surface area (Å²) in [7, 11) is -3.16. The highest BCUT2D eigenvalue weighted by Gasteiger charge is 2.12. The predicted octanol–water partition coefficient (Wildman–Crippen LogP) is 0.143. The van der Waals surface area contributed by atoms with E-state index in [9.17, 15) is 8.42 Å². The van der Waals surface area contributed by atoms with E-state index in [0.717, 1.165) is 11.8 Å². The summed E-state index contributed by atoms with van der Waals surface area (Å²) in [5.41, 5.74) is 6.64. The van der Waals surface area contributed by atoms with Crippen LogP contribution in [0, 0.1) is 0 Å². The molecule has 0 spiro atoms. The molecule has 1 heterocycles. The van der Waals surface area contributed by atoms with Crippen LogP contribution in [0.3, 0.4) is 0 Å². The van der Waals surface area contributed by atoms with Crippen molar-refractivity contribution in [2.45, 2.75) is 19.8 Å². The second-order valence-electron chi connectivity index (χ2n) is 4.27. The lowest BCUT2D eigenvalue weighted by Crippen LogP contribution is -2.28. The normalized spacial score (nSPS) is 11.8. The maximum atomic E-state index is 10.9. The van der Waals surface area contributed by atoms with Gasteiger partial charge in [0, 0.05) is 18.7 Å². The molecule has 102 valence electrons. The van der Waals surface area contributed by atoms with Crippen LogP contribution in [0.5, 0.6) is 0 Å². The summed E-state index contributed by atoms with van der Waals surface area (Å²) in [6.07, 6.45) is 2.50. The largest absolute Gasteiger partial charge is 0.383 e. The maximum absolute atomic E-state index is 10.9. The molecule has 18 heavy (non-hydrogen) atoms. The van der Waals surface area contributed by atoms with Crippen LogP contribution in [0.1, 0.15) is 25.3 Å². The predicted molar refractivity (Wildman–Crippen MR) is 71.9 cm³/mol. The van der Waals surface area contributed by atoms with Gasteiger partial charge in [0.1, 0.15) is 18.0 Å². The number of sulfonamides is 1. The first-order chi connectivity index (χ1) is 8.31. The summed E-state index contributed by atoms with van der Waals surface area (Å²) in [6.45, 7) is 4.72. The number of nitrogen functional groups attached to an aromatic ring is 1. The van der Waals surface area contributed by atoms with E-state index in [0.29, 0.717) is 24.7 Å². The van der Waals surface area contributed by atoms with Crippen LogP contribution >= 0.6 is 0 Å². The van der Waals surface area contributed by atoms with Gasteiger partial charge in [-0.15, -0.1) is 0 Å². The number of hydrogen-bond acceptors (Lipinski definition) is 6. The molecule has 1 rings (SSSR count). The fraction of sp³-hybridized carbons (Fsp3) is 0.600. The van der Waals surface area contributed by atoms with Crippen molar-refractivity contribution in [3.05, 3.63) is 11.9 Å². The highest BCUT2D eigenvalue weighted by atomic mass is 32.2. The van der Waals surface area contributed by atoms with Gasteiger partial charge in [-0.3, -0.25) is 0 Å². The van der Waals surface area contributed by atoms with E-state index in [1.807, 2.05) is 13.8 Å². The summed E-state index contributed by atoms with van der Waals surface area (Å²) < 4.78 is 24.2. The van der Waals surface area contributed by atoms with Crippen LogP contribution in [-0.4, -0.2) is 37.7 Å². The van der Waals surface area contributed by atoms with Gasteiger partial charge in [0.05, 0.1) is 6.26 Å². The number of anilines is 2. The molecule has 0 aliphatic rings. The summed E-state index contributed by atoms with van der Waals surface area (Å²) in [5, 5.41) is 3.05. The molecule has 0 unspecified atom stereocenters. The van der Waals surface area contributed by atoms with Crippen LogP contribution in [-0.2, 0) is 10.0 Å². The van der Waals surface area contributed by atoms with Crippen LogP contribution < -0.4 is 15.8 Å². The van der Waals surface area contributed by atoms with Crippen LogP contribution in [0.25, 0.3) is 0 Å². The molecule has 8 heteroatoms. The highest BCUT2D eigenvalue weighted by Crippen LogP contribution is 2.25. The Morgan fingerprint density at radius 1 is 1.33 bits per heavy atom. The molecule has 0 aliphatic heterocycles. The molecule has 0 saturated heterocycles. The lowest BCUT2D eigenvalue weighted by atomic mass is 10.0. The molecule has 1 aromatic heterocycles.